The Kier molecular flexibility index (Phi) is 3.80. The van der Waals surface area contributed by atoms with Gasteiger partial charge in [-0.05, 0) is 12.8 Å². The van der Waals surface area contributed by atoms with Gasteiger partial charge in [0.05, 0.1) is 12.5 Å². The first-order chi connectivity index (χ1) is 11.2. The molecule has 1 atom stereocenters. The van der Waals surface area contributed by atoms with Crippen LogP contribution < -0.4 is 0 Å². The maximum absolute atomic E-state index is 13.0. The Labute approximate surface area is 134 Å². The van der Waals surface area contributed by atoms with E-state index in [1.165, 1.54) is 11.2 Å². The van der Waals surface area contributed by atoms with E-state index in [1.807, 2.05) is 0 Å². The van der Waals surface area contributed by atoms with E-state index in [-0.39, 0.29) is 12.2 Å². The van der Waals surface area contributed by atoms with Crippen LogP contribution in [0.15, 0.2) is 22.8 Å². The summed E-state index contributed by atoms with van der Waals surface area (Å²) in [5, 5.41) is 15.3. The summed E-state index contributed by atoms with van der Waals surface area (Å²) in [6.45, 7) is 0.0416. The highest BCUT2D eigenvalue weighted by Crippen LogP contribution is 2.49. The lowest BCUT2D eigenvalue weighted by Gasteiger charge is -2.27. The van der Waals surface area contributed by atoms with Crippen LogP contribution in [0.5, 0.6) is 0 Å². The number of carbonyl (C=O) groups is 2. The average Bonchev–Trinajstić information content (AvgIpc) is 2.93. The monoisotopic (exact) mass is 345 g/mol. The molecule has 1 unspecified atom stereocenters. The van der Waals surface area contributed by atoms with Gasteiger partial charge in [0.1, 0.15) is 12.2 Å². The number of likely N-dealkylation sites (tertiary alicyclic amines) is 1. The third kappa shape index (κ3) is 2.85. The second-order valence-electron chi connectivity index (χ2n) is 5.81. The SMILES string of the molecule is O=C(O)c1cncn1CC(=O)N1CCCC1CC1(C(F)(F)F)N=N1. The first-order valence-electron chi connectivity index (χ1n) is 7.27. The smallest absolute Gasteiger partial charge is 0.437 e. The summed E-state index contributed by atoms with van der Waals surface area (Å²) in [6, 6.07) is -0.620. The molecule has 0 bridgehead atoms. The Morgan fingerprint density at radius 2 is 2.08 bits per heavy atom. The van der Waals surface area contributed by atoms with E-state index in [2.05, 4.69) is 15.2 Å². The molecule has 2 aliphatic rings. The van der Waals surface area contributed by atoms with E-state index in [0.29, 0.717) is 19.4 Å². The Hall–Kier alpha value is -2.46. The molecule has 1 fully saturated rings. The molecule has 24 heavy (non-hydrogen) atoms. The zero-order chi connectivity index (χ0) is 17.5. The standard InChI is InChI=1S/C13H14F3N5O3/c14-13(15,16)12(18-19-12)4-8-2-1-3-21(8)10(22)6-20-7-17-5-9(20)11(23)24/h5,7-8H,1-4,6H2,(H,23,24). The van der Waals surface area contributed by atoms with Gasteiger partial charge in [0, 0.05) is 19.0 Å². The van der Waals surface area contributed by atoms with Gasteiger partial charge in [0.15, 0.2) is 0 Å². The minimum atomic E-state index is -4.56. The molecule has 1 saturated heterocycles. The van der Waals surface area contributed by atoms with Crippen molar-refractivity contribution < 1.29 is 27.9 Å². The number of alkyl halides is 3. The van der Waals surface area contributed by atoms with Crippen LogP contribution in [0.25, 0.3) is 0 Å². The average molecular weight is 345 g/mol. The van der Waals surface area contributed by atoms with Crippen molar-refractivity contribution in [3.63, 3.8) is 0 Å². The predicted molar refractivity (Wildman–Crippen MR) is 72.2 cm³/mol. The largest absolute Gasteiger partial charge is 0.477 e. The summed E-state index contributed by atoms with van der Waals surface area (Å²) in [4.78, 5) is 28.4. The number of halogens is 3. The summed E-state index contributed by atoms with van der Waals surface area (Å²) >= 11 is 0. The van der Waals surface area contributed by atoms with Crippen LogP contribution in [-0.4, -0.2) is 55.9 Å². The number of rotatable bonds is 5. The summed E-state index contributed by atoms with van der Waals surface area (Å²) in [7, 11) is 0. The molecule has 1 amide bonds. The van der Waals surface area contributed by atoms with Crippen molar-refractivity contribution in [2.75, 3.05) is 6.54 Å². The Morgan fingerprint density at radius 3 is 2.67 bits per heavy atom. The van der Waals surface area contributed by atoms with E-state index in [9.17, 15) is 22.8 Å². The molecule has 3 rings (SSSR count). The van der Waals surface area contributed by atoms with Crippen molar-refractivity contribution in [1.82, 2.24) is 14.5 Å². The molecule has 0 spiro atoms. The number of hydrogen-bond donors (Lipinski definition) is 1. The number of imidazole rings is 1. The second-order valence-corrected chi connectivity index (χ2v) is 5.81. The molecule has 130 valence electrons. The highest BCUT2D eigenvalue weighted by molar-refractivity contribution is 5.86. The van der Waals surface area contributed by atoms with Crippen LogP contribution in [0.3, 0.4) is 0 Å². The molecule has 0 aromatic carbocycles. The topological polar surface area (TPSA) is 100 Å². The van der Waals surface area contributed by atoms with E-state index >= 15 is 0 Å². The first-order valence-corrected chi connectivity index (χ1v) is 7.27. The zero-order valence-electron chi connectivity index (χ0n) is 12.4. The molecule has 8 nitrogen and oxygen atoms in total. The van der Waals surface area contributed by atoms with Gasteiger partial charge in [-0.25, -0.2) is 9.78 Å². The van der Waals surface area contributed by atoms with E-state index < -0.39 is 36.2 Å². The van der Waals surface area contributed by atoms with Crippen LogP contribution in [0.1, 0.15) is 29.8 Å². The van der Waals surface area contributed by atoms with Gasteiger partial charge >= 0.3 is 12.1 Å². The molecule has 3 heterocycles. The van der Waals surface area contributed by atoms with Crippen molar-refractivity contribution in [2.45, 2.75) is 43.7 Å². The van der Waals surface area contributed by atoms with Crippen LogP contribution >= 0.6 is 0 Å². The fourth-order valence-corrected chi connectivity index (χ4v) is 2.94. The van der Waals surface area contributed by atoms with Crippen LogP contribution in [0.4, 0.5) is 13.2 Å². The summed E-state index contributed by atoms with van der Waals surface area (Å²) in [5.74, 6) is -1.68. The summed E-state index contributed by atoms with van der Waals surface area (Å²) in [6.07, 6.45) is -1.62. The van der Waals surface area contributed by atoms with Gasteiger partial charge in [0.25, 0.3) is 5.66 Å². The number of amides is 1. The van der Waals surface area contributed by atoms with Crippen molar-refractivity contribution in [1.29, 1.82) is 0 Å². The zero-order valence-corrected chi connectivity index (χ0v) is 12.4. The number of carboxylic acid groups (broad SMARTS) is 1. The summed E-state index contributed by atoms with van der Waals surface area (Å²) in [5.41, 5.74) is -2.54. The highest BCUT2D eigenvalue weighted by atomic mass is 19.4. The molecule has 2 aliphatic heterocycles. The molecular formula is C13H14F3N5O3. The van der Waals surface area contributed by atoms with Crippen molar-refractivity contribution >= 4 is 11.9 Å². The van der Waals surface area contributed by atoms with Crippen LogP contribution in [0.2, 0.25) is 0 Å². The van der Waals surface area contributed by atoms with Gasteiger partial charge in [-0.1, -0.05) is 0 Å². The molecular weight excluding hydrogens is 331 g/mol. The minimum Gasteiger partial charge on any atom is -0.477 e. The molecule has 0 aliphatic carbocycles. The number of carboxylic acids is 1. The van der Waals surface area contributed by atoms with E-state index in [0.717, 1.165) is 10.8 Å². The predicted octanol–water partition coefficient (Wildman–Crippen LogP) is 1.69. The van der Waals surface area contributed by atoms with Gasteiger partial charge in [-0.2, -0.15) is 13.2 Å². The lowest BCUT2D eigenvalue weighted by atomic mass is 10.0. The lowest BCUT2D eigenvalue weighted by Crippen LogP contribution is -2.44. The molecule has 0 radical (unpaired) electrons. The quantitative estimate of drug-likeness (QED) is 0.877. The number of aromatic nitrogens is 2. The van der Waals surface area contributed by atoms with Gasteiger partial charge in [-0.15, -0.1) is 10.2 Å². The van der Waals surface area contributed by atoms with E-state index in [4.69, 9.17) is 5.11 Å². The van der Waals surface area contributed by atoms with Gasteiger partial charge < -0.3 is 14.6 Å². The van der Waals surface area contributed by atoms with E-state index in [1.54, 1.807) is 0 Å². The minimum absolute atomic E-state index is 0.155. The van der Waals surface area contributed by atoms with Crippen molar-refractivity contribution in [3.05, 3.63) is 18.2 Å². The fourth-order valence-electron chi connectivity index (χ4n) is 2.94. The highest BCUT2D eigenvalue weighted by Gasteiger charge is 2.65. The molecule has 11 heteroatoms. The molecule has 1 aromatic rings. The molecule has 1 N–H and O–H groups in total. The summed E-state index contributed by atoms with van der Waals surface area (Å²) < 4.78 is 40.0. The number of nitrogens with zero attached hydrogens (tertiary/aromatic N) is 5. The van der Waals surface area contributed by atoms with Crippen molar-refractivity contribution in [2.24, 2.45) is 10.2 Å². The Morgan fingerprint density at radius 1 is 1.38 bits per heavy atom. The van der Waals surface area contributed by atoms with Gasteiger partial charge in [-0.3, -0.25) is 4.79 Å². The fraction of sp³-hybridized carbons (Fsp3) is 0.615. The van der Waals surface area contributed by atoms with Crippen molar-refractivity contribution in [3.8, 4) is 0 Å². The van der Waals surface area contributed by atoms with Crippen LogP contribution in [-0.2, 0) is 11.3 Å². The molecule has 1 aromatic heterocycles. The third-order valence-corrected chi connectivity index (χ3v) is 4.25. The van der Waals surface area contributed by atoms with Crippen LogP contribution in [0, 0.1) is 0 Å². The second kappa shape index (κ2) is 5.56. The maximum atomic E-state index is 13.0. The maximum Gasteiger partial charge on any atom is 0.437 e. The normalized spacial score (nSPS) is 22.0. The Bertz CT molecular complexity index is 693. The van der Waals surface area contributed by atoms with Gasteiger partial charge in [0.2, 0.25) is 5.91 Å². The number of aromatic carboxylic acids is 1. The molecule has 0 saturated carbocycles. The number of carbonyl (C=O) groups excluding carboxylic acids is 1. The number of hydrogen-bond acceptors (Lipinski definition) is 5. The lowest BCUT2D eigenvalue weighted by molar-refractivity contribution is -0.169. The Balaban J connectivity index is 1.68. The first kappa shape index (κ1) is 16.4. The third-order valence-electron chi connectivity index (χ3n) is 4.25.